The van der Waals surface area contributed by atoms with E-state index in [-0.39, 0.29) is 0 Å². The van der Waals surface area contributed by atoms with Crippen LogP contribution in [0.15, 0.2) is 66.7 Å². The van der Waals surface area contributed by atoms with Gasteiger partial charge >= 0.3 is 0 Å². The summed E-state index contributed by atoms with van der Waals surface area (Å²) in [5, 5.41) is 8.75. The number of fused-ring (bicyclic) bond motifs is 1. The van der Waals surface area contributed by atoms with Crippen LogP contribution in [0.25, 0.3) is 33.5 Å². The highest BCUT2D eigenvalue weighted by atomic mass is 16.5. The Balaban J connectivity index is 1.64. The quantitative estimate of drug-likeness (QED) is 0.294. The number of nitrogens with zero attached hydrogens (tertiary/aromatic N) is 1. The van der Waals surface area contributed by atoms with E-state index in [1.165, 1.54) is 0 Å². The van der Waals surface area contributed by atoms with Gasteiger partial charge in [0.2, 0.25) is 0 Å². The molecule has 0 aliphatic rings. The number of rotatable bonds is 4. The van der Waals surface area contributed by atoms with Crippen molar-refractivity contribution >= 4 is 23.2 Å². The summed E-state index contributed by atoms with van der Waals surface area (Å²) < 4.78 is 0. The van der Waals surface area contributed by atoms with Gasteiger partial charge in [-0.15, -0.1) is 0 Å². The standard InChI is InChI=1S/C21H15N3O3/c25-12-13-1-3-14(4-2-13)15-5-7-16(8-6-15)20-22-18-10-9-17(21(26)24-27)11-19(18)23-20/h1-12,27H,(H,22,23)(H,24,26). The van der Waals surface area contributed by atoms with E-state index in [4.69, 9.17) is 5.21 Å². The summed E-state index contributed by atoms with van der Waals surface area (Å²) in [7, 11) is 0. The number of aromatic amines is 1. The van der Waals surface area contributed by atoms with Crippen molar-refractivity contribution in [1.82, 2.24) is 15.4 Å². The first-order valence-electron chi connectivity index (χ1n) is 8.28. The van der Waals surface area contributed by atoms with Crippen LogP contribution in [0, 0.1) is 0 Å². The van der Waals surface area contributed by atoms with Gasteiger partial charge in [0, 0.05) is 16.7 Å². The van der Waals surface area contributed by atoms with Crippen molar-refractivity contribution in [2.75, 3.05) is 0 Å². The topological polar surface area (TPSA) is 95.1 Å². The molecule has 0 unspecified atom stereocenters. The molecule has 3 aromatic carbocycles. The second kappa shape index (κ2) is 6.86. The molecule has 0 fully saturated rings. The number of aromatic nitrogens is 2. The minimum atomic E-state index is -0.571. The normalized spacial score (nSPS) is 10.7. The fourth-order valence-corrected chi connectivity index (χ4v) is 2.93. The maximum Gasteiger partial charge on any atom is 0.274 e. The van der Waals surface area contributed by atoms with Crippen LogP contribution in [0.2, 0.25) is 0 Å². The molecular formula is C21H15N3O3. The second-order valence-electron chi connectivity index (χ2n) is 6.08. The zero-order valence-electron chi connectivity index (χ0n) is 14.1. The van der Waals surface area contributed by atoms with Gasteiger partial charge < -0.3 is 4.98 Å². The van der Waals surface area contributed by atoms with Crippen LogP contribution >= 0.6 is 0 Å². The summed E-state index contributed by atoms with van der Waals surface area (Å²) >= 11 is 0. The molecule has 4 rings (SSSR count). The molecule has 132 valence electrons. The highest BCUT2D eigenvalue weighted by molar-refractivity contribution is 5.97. The van der Waals surface area contributed by atoms with Crippen LogP contribution in [0.5, 0.6) is 0 Å². The minimum Gasteiger partial charge on any atom is -0.338 e. The van der Waals surface area contributed by atoms with E-state index in [1.54, 1.807) is 35.8 Å². The summed E-state index contributed by atoms with van der Waals surface area (Å²) in [6.45, 7) is 0. The molecule has 0 atom stereocenters. The largest absolute Gasteiger partial charge is 0.338 e. The lowest BCUT2D eigenvalue weighted by atomic mass is 10.0. The summed E-state index contributed by atoms with van der Waals surface area (Å²) in [6.07, 6.45) is 0.823. The number of imidazole rings is 1. The number of carbonyl (C=O) groups excluding carboxylic acids is 2. The number of carbonyl (C=O) groups is 2. The second-order valence-corrected chi connectivity index (χ2v) is 6.08. The van der Waals surface area contributed by atoms with Crippen molar-refractivity contribution in [1.29, 1.82) is 0 Å². The zero-order chi connectivity index (χ0) is 18.8. The molecular weight excluding hydrogens is 342 g/mol. The van der Waals surface area contributed by atoms with Crippen molar-refractivity contribution in [3.8, 4) is 22.5 Å². The molecule has 0 radical (unpaired) electrons. The van der Waals surface area contributed by atoms with E-state index in [0.29, 0.717) is 22.5 Å². The van der Waals surface area contributed by atoms with Crippen LogP contribution < -0.4 is 5.48 Å². The van der Waals surface area contributed by atoms with Gasteiger partial charge in [-0.2, -0.15) is 0 Å². The van der Waals surface area contributed by atoms with E-state index < -0.39 is 5.91 Å². The van der Waals surface area contributed by atoms with Gasteiger partial charge in [0.1, 0.15) is 12.1 Å². The minimum absolute atomic E-state index is 0.342. The van der Waals surface area contributed by atoms with Crippen LogP contribution in [-0.4, -0.2) is 27.4 Å². The highest BCUT2D eigenvalue weighted by Crippen LogP contribution is 2.25. The summed E-state index contributed by atoms with van der Waals surface area (Å²) in [5.41, 5.74) is 7.02. The van der Waals surface area contributed by atoms with Gasteiger partial charge in [-0.3, -0.25) is 14.8 Å². The number of hydrogen-bond donors (Lipinski definition) is 3. The molecule has 4 aromatic rings. The molecule has 1 heterocycles. The van der Waals surface area contributed by atoms with Crippen molar-refractivity contribution in [3.05, 3.63) is 77.9 Å². The third-order valence-corrected chi connectivity index (χ3v) is 4.38. The van der Waals surface area contributed by atoms with Gasteiger partial charge in [0.15, 0.2) is 0 Å². The highest BCUT2D eigenvalue weighted by Gasteiger charge is 2.09. The number of aldehydes is 1. The Bertz CT molecular complexity index is 1130. The van der Waals surface area contributed by atoms with Crippen molar-refractivity contribution in [2.24, 2.45) is 0 Å². The van der Waals surface area contributed by atoms with E-state index in [1.807, 2.05) is 36.4 Å². The monoisotopic (exact) mass is 357 g/mol. The lowest BCUT2D eigenvalue weighted by molar-refractivity contribution is 0.0706. The number of amides is 1. The number of hydroxylamine groups is 1. The molecule has 0 spiro atoms. The maximum absolute atomic E-state index is 11.5. The van der Waals surface area contributed by atoms with E-state index in [9.17, 15) is 9.59 Å². The first kappa shape index (κ1) is 16.7. The molecule has 0 bridgehead atoms. The predicted octanol–water partition coefficient (Wildman–Crippen LogP) is 3.83. The van der Waals surface area contributed by atoms with Gasteiger partial charge in [0.25, 0.3) is 5.91 Å². The summed E-state index contributed by atoms with van der Waals surface area (Å²) in [4.78, 5) is 30.0. The molecule has 0 saturated heterocycles. The van der Waals surface area contributed by atoms with Crippen LogP contribution in [0.3, 0.4) is 0 Å². The summed E-state index contributed by atoms with van der Waals surface area (Å²) in [5.74, 6) is 0.118. The molecule has 27 heavy (non-hydrogen) atoms. The lowest BCUT2D eigenvalue weighted by Gasteiger charge is -2.03. The van der Waals surface area contributed by atoms with E-state index in [0.717, 1.165) is 28.5 Å². The van der Waals surface area contributed by atoms with Crippen molar-refractivity contribution in [3.63, 3.8) is 0 Å². The molecule has 0 aliphatic heterocycles. The fraction of sp³-hybridized carbons (Fsp3) is 0. The lowest BCUT2D eigenvalue weighted by Crippen LogP contribution is -2.18. The molecule has 1 aromatic heterocycles. The van der Waals surface area contributed by atoms with Gasteiger partial charge in [-0.25, -0.2) is 10.5 Å². The molecule has 0 saturated carbocycles. The first-order valence-corrected chi connectivity index (χ1v) is 8.28. The van der Waals surface area contributed by atoms with E-state index >= 15 is 0 Å². The molecule has 6 heteroatoms. The van der Waals surface area contributed by atoms with Gasteiger partial charge in [-0.05, 0) is 29.3 Å². The number of H-pyrrole nitrogens is 1. The van der Waals surface area contributed by atoms with E-state index in [2.05, 4.69) is 9.97 Å². The van der Waals surface area contributed by atoms with Crippen LogP contribution in [0.4, 0.5) is 0 Å². The molecule has 1 amide bonds. The third-order valence-electron chi connectivity index (χ3n) is 4.38. The first-order chi connectivity index (χ1) is 13.2. The Kier molecular flexibility index (Phi) is 4.24. The molecule has 0 aliphatic carbocycles. The number of hydrogen-bond acceptors (Lipinski definition) is 4. The summed E-state index contributed by atoms with van der Waals surface area (Å²) in [6, 6.07) is 20.3. The zero-order valence-corrected chi connectivity index (χ0v) is 14.1. The van der Waals surface area contributed by atoms with Gasteiger partial charge in [0.05, 0.1) is 11.0 Å². The Labute approximate surface area is 154 Å². The Morgan fingerprint density at radius 2 is 1.56 bits per heavy atom. The van der Waals surface area contributed by atoms with Gasteiger partial charge in [-0.1, -0.05) is 48.5 Å². The van der Waals surface area contributed by atoms with Crippen LogP contribution in [0.1, 0.15) is 20.7 Å². The third kappa shape index (κ3) is 3.21. The Hall–Kier alpha value is -3.77. The van der Waals surface area contributed by atoms with Crippen LogP contribution in [-0.2, 0) is 0 Å². The van der Waals surface area contributed by atoms with Crippen molar-refractivity contribution < 1.29 is 14.8 Å². The Morgan fingerprint density at radius 3 is 2.19 bits per heavy atom. The smallest absolute Gasteiger partial charge is 0.274 e. The molecule has 6 nitrogen and oxygen atoms in total. The SMILES string of the molecule is O=Cc1ccc(-c2ccc(-c3nc4ccc(C(=O)NO)cc4[nH]3)cc2)cc1. The molecule has 3 N–H and O–H groups in total. The average molecular weight is 357 g/mol. The van der Waals surface area contributed by atoms with Crippen molar-refractivity contribution in [2.45, 2.75) is 0 Å². The fourth-order valence-electron chi connectivity index (χ4n) is 2.93. The predicted molar refractivity (Wildman–Crippen MR) is 102 cm³/mol. The number of nitrogens with one attached hydrogen (secondary N) is 2. The maximum atomic E-state index is 11.5. The average Bonchev–Trinajstić information content (AvgIpc) is 3.16. The number of benzene rings is 3. The Morgan fingerprint density at radius 1 is 0.926 bits per heavy atom.